The molecule has 0 spiro atoms. The molecule has 2 heterocycles. The van der Waals surface area contributed by atoms with Gasteiger partial charge in [0.25, 0.3) is 0 Å². The first-order valence-corrected chi connectivity index (χ1v) is 9.64. The van der Waals surface area contributed by atoms with Crippen LogP contribution >= 0.6 is 11.6 Å². The van der Waals surface area contributed by atoms with Crippen LogP contribution < -0.4 is 15.4 Å². The van der Waals surface area contributed by atoms with Crippen molar-refractivity contribution in [3.63, 3.8) is 0 Å². The number of benzene rings is 2. The average molecular weight is 438 g/mol. The first-order chi connectivity index (χ1) is 15.0. The van der Waals surface area contributed by atoms with Crippen LogP contribution in [-0.4, -0.2) is 20.6 Å². The van der Waals surface area contributed by atoms with E-state index in [0.717, 1.165) is 0 Å². The largest absolute Gasteiger partial charge is 0.439 e. The van der Waals surface area contributed by atoms with Gasteiger partial charge < -0.3 is 19.9 Å². The van der Waals surface area contributed by atoms with E-state index in [0.29, 0.717) is 34.6 Å². The number of aryl methyl sites for hydroxylation is 1. The van der Waals surface area contributed by atoms with E-state index < -0.39 is 11.8 Å². The molecule has 0 fully saturated rings. The van der Waals surface area contributed by atoms with Crippen LogP contribution in [0.4, 0.5) is 20.6 Å². The molecule has 0 saturated heterocycles. The summed E-state index contributed by atoms with van der Waals surface area (Å²) in [7, 11) is 0. The van der Waals surface area contributed by atoms with Crippen molar-refractivity contribution in [2.24, 2.45) is 0 Å². The van der Waals surface area contributed by atoms with Gasteiger partial charge in [0.05, 0.1) is 5.02 Å². The Labute approximate surface area is 182 Å². The van der Waals surface area contributed by atoms with Crippen molar-refractivity contribution in [3.05, 3.63) is 89.7 Å². The average Bonchev–Trinajstić information content (AvgIpc) is 3.27. The number of rotatable bonds is 5. The van der Waals surface area contributed by atoms with Crippen molar-refractivity contribution in [3.8, 4) is 17.4 Å². The normalized spacial score (nSPS) is 10.5. The molecule has 2 N–H and O–H groups in total. The molecule has 2 aromatic heterocycles. The summed E-state index contributed by atoms with van der Waals surface area (Å²) in [5, 5.41) is 5.20. The summed E-state index contributed by atoms with van der Waals surface area (Å²) in [5.41, 5.74) is 0.923. The van der Waals surface area contributed by atoms with E-state index in [1.807, 2.05) is 29.1 Å². The molecule has 0 aliphatic rings. The molecule has 156 valence electrons. The Morgan fingerprint density at radius 2 is 1.68 bits per heavy atom. The smallest absolute Gasteiger partial charge is 0.323 e. The van der Waals surface area contributed by atoms with Gasteiger partial charge in [-0.05, 0) is 61.5 Å². The summed E-state index contributed by atoms with van der Waals surface area (Å²) in [6.45, 7) is 1.79. The van der Waals surface area contributed by atoms with Crippen molar-refractivity contribution < 1.29 is 13.9 Å². The minimum absolute atomic E-state index is 0.0702. The van der Waals surface area contributed by atoms with Crippen LogP contribution in [0.3, 0.4) is 0 Å². The molecule has 4 rings (SSSR count). The lowest BCUT2D eigenvalue weighted by molar-refractivity contribution is 0.262. The number of amides is 2. The fourth-order valence-electron chi connectivity index (χ4n) is 2.79. The molecule has 0 unspecified atom stereocenters. The van der Waals surface area contributed by atoms with Gasteiger partial charge >= 0.3 is 6.03 Å². The van der Waals surface area contributed by atoms with Crippen molar-refractivity contribution >= 4 is 29.0 Å². The van der Waals surface area contributed by atoms with Crippen LogP contribution in [0.1, 0.15) is 5.82 Å². The number of ether oxygens (including phenoxy) is 1. The molecule has 0 radical (unpaired) electrons. The number of aromatic nitrogens is 3. The van der Waals surface area contributed by atoms with E-state index in [1.54, 1.807) is 37.3 Å². The van der Waals surface area contributed by atoms with Gasteiger partial charge in [-0.3, -0.25) is 0 Å². The Bertz CT molecular complexity index is 1210. The summed E-state index contributed by atoms with van der Waals surface area (Å²) in [4.78, 5) is 20.8. The Kier molecular flexibility index (Phi) is 5.81. The fourth-order valence-corrected chi connectivity index (χ4v) is 2.97. The zero-order chi connectivity index (χ0) is 21.8. The molecule has 0 aliphatic heterocycles. The second-order valence-corrected chi connectivity index (χ2v) is 6.94. The summed E-state index contributed by atoms with van der Waals surface area (Å²) in [6.07, 6.45) is 3.77. The molecule has 31 heavy (non-hydrogen) atoms. The summed E-state index contributed by atoms with van der Waals surface area (Å²) in [6, 6.07) is 15.8. The van der Waals surface area contributed by atoms with Crippen molar-refractivity contribution in [2.45, 2.75) is 6.92 Å². The fraction of sp³-hybridized carbons (Fsp3) is 0.0455. The third-order valence-electron chi connectivity index (χ3n) is 4.18. The van der Waals surface area contributed by atoms with Crippen molar-refractivity contribution in [2.75, 3.05) is 10.6 Å². The van der Waals surface area contributed by atoms with Crippen LogP contribution in [0.15, 0.2) is 73.1 Å². The first-order valence-electron chi connectivity index (χ1n) is 9.26. The predicted molar refractivity (Wildman–Crippen MR) is 117 cm³/mol. The summed E-state index contributed by atoms with van der Waals surface area (Å²) < 4.78 is 20.9. The van der Waals surface area contributed by atoms with E-state index >= 15 is 0 Å². The molecular weight excluding hydrogens is 421 g/mol. The maximum atomic E-state index is 13.2. The van der Waals surface area contributed by atoms with Crippen molar-refractivity contribution in [1.29, 1.82) is 0 Å². The van der Waals surface area contributed by atoms with Gasteiger partial charge in [0.1, 0.15) is 23.2 Å². The topological polar surface area (TPSA) is 81.1 Å². The lowest BCUT2D eigenvalue weighted by Crippen LogP contribution is -2.19. The Morgan fingerprint density at radius 3 is 2.39 bits per heavy atom. The molecule has 7 nitrogen and oxygen atoms in total. The molecule has 0 saturated carbocycles. The third-order valence-corrected chi connectivity index (χ3v) is 4.47. The van der Waals surface area contributed by atoms with Gasteiger partial charge in [0, 0.05) is 29.8 Å². The second kappa shape index (κ2) is 8.85. The van der Waals surface area contributed by atoms with Crippen LogP contribution in [0.25, 0.3) is 5.82 Å². The minimum atomic E-state index is -0.553. The molecule has 4 aromatic rings. The zero-order valence-corrected chi connectivity index (χ0v) is 17.1. The van der Waals surface area contributed by atoms with E-state index in [-0.39, 0.29) is 5.02 Å². The Balaban J connectivity index is 1.40. The van der Waals surface area contributed by atoms with E-state index in [1.165, 1.54) is 18.2 Å². The predicted octanol–water partition coefficient (Wildman–Crippen LogP) is 5.80. The van der Waals surface area contributed by atoms with Gasteiger partial charge in [0.2, 0.25) is 5.88 Å². The van der Waals surface area contributed by atoms with Crippen LogP contribution in [-0.2, 0) is 0 Å². The molecule has 0 aliphatic carbocycles. The standard InChI is InChI=1S/C22H17ClFN5O2/c1-14-25-20(29-10-2-3-11-29)13-21(26-14)31-17-7-4-15(5-8-17)27-22(30)28-16-6-9-19(24)18(23)12-16/h2-13H,1H3,(H2,27,28,30). The maximum absolute atomic E-state index is 13.2. The highest BCUT2D eigenvalue weighted by Crippen LogP contribution is 2.24. The highest BCUT2D eigenvalue weighted by Gasteiger charge is 2.08. The van der Waals surface area contributed by atoms with Gasteiger partial charge in [0.15, 0.2) is 0 Å². The quantitative estimate of drug-likeness (QED) is 0.413. The van der Waals surface area contributed by atoms with Crippen LogP contribution in [0.2, 0.25) is 5.02 Å². The number of nitrogens with one attached hydrogen (secondary N) is 2. The molecule has 2 aromatic carbocycles. The zero-order valence-electron chi connectivity index (χ0n) is 16.3. The minimum Gasteiger partial charge on any atom is -0.439 e. The SMILES string of the molecule is Cc1nc(Oc2ccc(NC(=O)Nc3ccc(F)c(Cl)c3)cc2)cc(-n2cccc2)n1. The lowest BCUT2D eigenvalue weighted by Gasteiger charge is -2.10. The summed E-state index contributed by atoms with van der Waals surface area (Å²) >= 11 is 5.72. The number of carbonyl (C=O) groups is 1. The summed E-state index contributed by atoms with van der Waals surface area (Å²) in [5.74, 6) is 1.68. The van der Waals surface area contributed by atoms with E-state index in [2.05, 4.69) is 20.6 Å². The second-order valence-electron chi connectivity index (χ2n) is 6.54. The van der Waals surface area contributed by atoms with Crippen LogP contribution in [0.5, 0.6) is 11.6 Å². The Morgan fingerprint density at radius 1 is 1.00 bits per heavy atom. The van der Waals surface area contributed by atoms with E-state index in [4.69, 9.17) is 16.3 Å². The number of halogens is 2. The Hall–Kier alpha value is -3.91. The molecule has 0 bridgehead atoms. The van der Waals surface area contributed by atoms with Gasteiger partial charge in [-0.15, -0.1) is 0 Å². The molecule has 0 atom stereocenters. The number of urea groups is 1. The number of nitrogens with zero attached hydrogens (tertiary/aromatic N) is 3. The molecule has 2 amide bonds. The number of hydrogen-bond donors (Lipinski definition) is 2. The van der Waals surface area contributed by atoms with Gasteiger partial charge in [-0.2, -0.15) is 4.98 Å². The maximum Gasteiger partial charge on any atom is 0.323 e. The van der Waals surface area contributed by atoms with Crippen molar-refractivity contribution in [1.82, 2.24) is 14.5 Å². The monoisotopic (exact) mass is 437 g/mol. The molecule has 9 heteroatoms. The molecular formula is C22H17ClFN5O2. The third kappa shape index (κ3) is 5.18. The number of carbonyl (C=O) groups excluding carboxylic acids is 1. The first kappa shape index (κ1) is 20.4. The highest BCUT2D eigenvalue weighted by molar-refractivity contribution is 6.31. The number of anilines is 2. The van der Waals surface area contributed by atoms with E-state index in [9.17, 15) is 9.18 Å². The van der Waals surface area contributed by atoms with Gasteiger partial charge in [-0.25, -0.2) is 14.2 Å². The van der Waals surface area contributed by atoms with Crippen LogP contribution in [0, 0.1) is 12.7 Å². The highest BCUT2D eigenvalue weighted by atomic mass is 35.5. The number of hydrogen-bond acceptors (Lipinski definition) is 4. The lowest BCUT2D eigenvalue weighted by atomic mass is 10.3. The van der Waals surface area contributed by atoms with Gasteiger partial charge in [-0.1, -0.05) is 11.6 Å².